The summed E-state index contributed by atoms with van der Waals surface area (Å²) in [6.45, 7) is 0.944. The van der Waals surface area contributed by atoms with Crippen molar-refractivity contribution >= 4 is 52.5 Å². The third-order valence-electron chi connectivity index (χ3n) is 9.86. The minimum Gasteiger partial charge on any atom is -0.488 e. The molecule has 1 saturated heterocycles. The average Bonchev–Trinajstić information content (AvgIpc) is 3.84. The Morgan fingerprint density at radius 3 is 2.38 bits per heavy atom. The van der Waals surface area contributed by atoms with Gasteiger partial charge in [-0.2, -0.15) is 0 Å². The van der Waals surface area contributed by atoms with Gasteiger partial charge in [-0.1, -0.05) is 36.6 Å². The SMILES string of the molecule is O=C(O)[C@@H]1CCCCC1C(=O)N1CCc2c(Cl)ccc(OC3CCN(C(=O)c4cncs4)C3)c2[C@H]1CN1C(=O)c2ccccc2C1=O. The van der Waals surface area contributed by atoms with Gasteiger partial charge in [-0.05, 0) is 49.1 Å². The number of carbonyl (C=O) groups is 5. The van der Waals surface area contributed by atoms with Gasteiger partial charge in [0.15, 0.2) is 0 Å². The summed E-state index contributed by atoms with van der Waals surface area (Å²) >= 11 is 8.04. The zero-order valence-corrected chi connectivity index (χ0v) is 27.0. The van der Waals surface area contributed by atoms with Gasteiger partial charge >= 0.3 is 5.97 Å². The average molecular weight is 677 g/mol. The van der Waals surface area contributed by atoms with Crippen molar-refractivity contribution in [3.8, 4) is 5.75 Å². The number of thiazole rings is 1. The highest BCUT2D eigenvalue weighted by Gasteiger charge is 2.46. The highest BCUT2D eigenvalue weighted by Crippen LogP contribution is 2.44. The number of aliphatic carboxylic acids is 1. The second kappa shape index (κ2) is 12.7. The van der Waals surface area contributed by atoms with E-state index in [0.717, 1.165) is 23.3 Å². The molecule has 1 saturated carbocycles. The smallest absolute Gasteiger partial charge is 0.307 e. The molecule has 0 radical (unpaired) electrons. The van der Waals surface area contributed by atoms with E-state index in [1.54, 1.807) is 57.9 Å². The Kier molecular flexibility index (Phi) is 8.48. The van der Waals surface area contributed by atoms with E-state index in [2.05, 4.69) is 4.98 Å². The first-order valence-corrected chi connectivity index (χ1v) is 17.1. The number of halogens is 1. The summed E-state index contributed by atoms with van der Waals surface area (Å²) in [4.78, 5) is 75.8. The molecule has 7 rings (SSSR count). The minimum atomic E-state index is -0.997. The number of carbonyl (C=O) groups excluding carboxylic acids is 4. The van der Waals surface area contributed by atoms with Crippen LogP contribution in [-0.4, -0.2) is 86.7 Å². The molecule has 3 aliphatic heterocycles. The number of benzene rings is 2. The van der Waals surface area contributed by atoms with Gasteiger partial charge < -0.3 is 19.6 Å². The van der Waals surface area contributed by atoms with Crippen LogP contribution in [0.2, 0.25) is 5.02 Å². The Hall–Kier alpha value is -4.29. The summed E-state index contributed by atoms with van der Waals surface area (Å²) in [7, 11) is 0. The van der Waals surface area contributed by atoms with E-state index < -0.39 is 35.7 Å². The lowest BCUT2D eigenvalue weighted by Crippen LogP contribution is -2.50. The number of imide groups is 1. The molecule has 0 bridgehead atoms. The van der Waals surface area contributed by atoms with E-state index in [4.69, 9.17) is 16.3 Å². The fraction of sp³-hybridized carbons (Fsp3) is 0.412. The molecule has 244 valence electrons. The molecule has 0 spiro atoms. The number of ether oxygens (including phenoxy) is 1. The summed E-state index contributed by atoms with van der Waals surface area (Å²) in [5, 5.41) is 10.5. The lowest BCUT2D eigenvalue weighted by molar-refractivity contribution is -0.153. The van der Waals surface area contributed by atoms with Crippen LogP contribution in [0.1, 0.15) is 79.7 Å². The van der Waals surface area contributed by atoms with Crippen LogP contribution in [-0.2, 0) is 16.0 Å². The van der Waals surface area contributed by atoms with Crippen molar-refractivity contribution in [2.75, 3.05) is 26.2 Å². The van der Waals surface area contributed by atoms with Crippen LogP contribution in [0.25, 0.3) is 0 Å². The molecule has 2 fully saturated rings. The molecule has 47 heavy (non-hydrogen) atoms. The molecular weight excluding hydrogens is 644 g/mol. The zero-order chi connectivity index (χ0) is 32.8. The van der Waals surface area contributed by atoms with Crippen LogP contribution in [0.4, 0.5) is 0 Å². The number of nitrogens with zero attached hydrogens (tertiary/aromatic N) is 4. The van der Waals surface area contributed by atoms with Crippen molar-refractivity contribution in [3.63, 3.8) is 0 Å². The number of likely N-dealkylation sites (tertiary alicyclic amines) is 1. The fourth-order valence-electron chi connectivity index (χ4n) is 7.51. The number of carboxylic acid groups (broad SMARTS) is 1. The van der Waals surface area contributed by atoms with Gasteiger partial charge in [-0.3, -0.25) is 33.9 Å². The molecule has 1 aliphatic carbocycles. The number of hydrogen-bond acceptors (Lipinski definition) is 8. The molecule has 4 heterocycles. The third-order valence-corrected chi connectivity index (χ3v) is 11.0. The number of fused-ring (bicyclic) bond motifs is 2. The second-order valence-corrected chi connectivity index (χ2v) is 13.8. The molecule has 4 aliphatic rings. The predicted octanol–water partition coefficient (Wildman–Crippen LogP) is 4.70. The van der Waals surface area contributed by atoms with Crippen molar-refractivity contribution < 1.29 is 33.8 Å². The van der Waals surface area contributed by atoms with Gasteiger partial charge in [0.1, 0.15) is 16.7 Å². The quantitative estimate of drug-likeness (QED) is 0.356. The number of rotatable bonds is 7. The Morgan fingerprint density at radius 1 is 0.979 bits per heavy atom. The van der Waals surface area contributed by atoms with Crippen molar-refractivity contribution in [2.24, 2.45) is 11.8 Å². The van der Waals surface area contributed by atoms with Gasteiger partial charge in [0.25, 0.3) is 17.7 Å². The summed E-state index contributed by atoms with van der Waals surface area (Å²) in [5.41, 5.74) is 3.56. The van der Waals surface area contributed by atoms with E-state index in [1.807, 2.05) is 0 Å². The second-order valence-electron chi connectivity index (χ2n) is 12.5. The van der Waals surface area contributed by atoms with Gasteiger partial charge in [-0.25, -0.2) is 0 Å². The molecule has 4 amide bonds. The molecule has 1 N–H and O–H groups in total. The van der Waals surface area contributed by atoms with Gasteiger partial charge in [0, 0.05) is 30.1 Å². The normalized spacial score (nSPS) is 23.9. The Bertz CT molecular complexity index is 1730. The summed E-state index contributed by atoms with van der Waals surface area (Å²) in [5.74, 6) is -3.41. The summed E-state index contributed by atoms with van der Waals surface area (Å²) in [6.07, 6.45) is 4.51. The summed E-state index contributed by atoms with van der Waals surface area (Å²) < 4.78 is 6.58. The van der Waals surface area contributed by atoms with Crippen molar-refractivity contribution in [1.29, 1.82) is 0 Å². The topological polar surface area (TPSA) is 137 Å². The lowest BCUT2D eigenvalue weighted by atomic mass is 9.77. The molecule has 13 heteroatoms. The van der Waals surface area contributed by atoms with E-state index in [1.165, 1.54) is 11.3 Å². The predicted molar refractivity (Wildman–Crippen MR) is 172 cm³/mol. The standard InChI is InChI=1S/C34H33ClN4O7S/c35-25-9-10-27(46-19-11-13-37(16-19)33(43)28-15-36-18-47-28)29-24(25)12-14-38(30(40)22-7-3-4-8-23(22)34(44)45)26(29)17-39-31(41)20-5-1-2-6-21(20)32(39)42/h1-2,5-6,9-10,15,18-19,22-23,26H,3-4,7-8,11-14,16-17H2,(H,44,45)/t19?,22?,23-,26-/m1/s1. The van der Waals surface area contributed by atoms with Crippen molar-refractivity contribution in [3.05, 3.63) is 80.3 Å². The molecule has 3 aromatic rings. The highest BCUT2D eigenvalue weighted by molar-refractivity contribution is 7.11. The van der Waals surface area contributed by atoms with Crippen LogP contribution in [0, 0.1) is 11.8 Å². The maximum absolute atomic E-state index is 14.4. The van der Waals surface area contributed by atoms with Gasteiger partial charge in [0.2, 0.25) is 5.91 Å². The summed E-state index contributed by atoms with van der Waals surface area (Å²) in [6, 6.07) is 9.27. The number of aromatic nitrogens is 1. The monoisotopic (exact) mass is 676 g/mol. The Morgan fingerprint density at radius 2 is 1.70 bits per heavy atom. The molecule has 2 aromatic carbocycles. The molecule has 11 nitrogen and oxygen atoms in total. The van der Waals surface area contributed by atoms with Crippen LogP contribution in [0.15, 0.2) is 48.1 Å². The van der Waals surface area contributed by atoms with E-state index in [-0.39, 0.29) is 31.0 Å². The molecular formula is C34H33ClN4O7S. The molecule has 1 aromatic heterocycles. The van der Waals surface area contributed by atoms with E-state index >= 15 is 0 Å². The van der Waals surface area contributed by atoms with Crippen molar-refractivity contribution in [1.82, 2.24) is 19.7 Å². The first kappa shape index (κ1) is 31.3. The highest BCUT2D eigenvalue weighted by atomic mass is 35.5. The lowest BCUT2D eigenvalue weighted by Gasteiger charge is -2.42. The van der Waals surface area contributed by atoms with Crippen LogP contribution < -0.4 is 4.74 Å². The van der Waals surface area contributed by atoms with E-state index in [0.29, 0.717) is 71.1 Å². The van der Waals surface area contributed by atoms with Crippen LogP contribution >= 0.6 is 22.9 Å². The van der Waals surface area contributed by atoms with Crippen LogP contribution in [0.5, 0.6) is 5.75 Å². The number of carboxylic acids is 1. The first-order valence-electron chi connectivity index (χ1n) is 15.9. The van der Waals surface area contributed by atoms with Crippen molar-refractivity contribution in [2.45, 2.75) is 50.7 Å². The third kappa shape index (κ3) is 5.67. The Labute approximate surface area is 280 Å². The Balaban J connectivity index is 1.24. The molecule has 4 atom stereocenters. The van der Waals surface area contributed by atoms with Gasteiger partial charge in [-0.15, -0.1) is 11.3 Å². The number of hydrogen-bond donors (Lipinski definition) is 1. The zero-order valence-electron chi connectivity index (χ0n) is 25.5. The minimum absolute atomic E-state index is 0.113. The van der Waals surface area contributed by atoms with Crippen LogP contribution in [0.3, 0.4) is 0 Å². The maximum Gasteiger partial charge on any atom is 0.307 e. The largest absolute Gasteiger partial charge is 0.488 e. The number of amides is 4. The fourth-order valence-corrected chi connectivity index (χ4v) is 8.36. The molecule has 2 unspecified atom stereocenters. The van der Waals surface area contributed by atoms with E-state index in [9.17, 15) is 29.1 Å². The van der Waals surface area contributed by atoms with Gasteiger partial charge in [0.05, 0.1) is 53.8 Å². The maximum atomic E-state index is 14.4. The first-order chi connectivity index (χ1) is 22.7.